The van der Waals surface area contributed by atoms with Crippen molar-refractivity contribution >= 4 is 11.6 Å². The highest BCUT2D eigenvalue weighted by atomic mass is 16.6. The number of hydrogen-bond acceptors (Lipinski definition) is 3. The second-order valence-corrected chi connectivity index (χ2v) is 5.91. The highest BCUT2D eigenvalue weighted by Crippen LogP contribution is 2.23. The quantitative estimate of drug-likeness (QED) is 0.388. The fourth-order valence-electron chi connectivity index (χ4n) is 2.81. The largest absolute Gasteiger partial charge is 0.354 e. The van der Waals surface area contributed by atoms with Gasteiger partial charge in [0.05, 0.1) is 4.92 Å². The van der Waals surface area contributed by atoms with E-state index < -0.39 is 0 Å². The number of rotatable bonds is 4. The minimum Gasteiger partial charge on any atom is -0.354 e. The lowest BCUT2D eigenvalue weighted by atomic mass is 9.87. The predicted molar refractivity (Wildman–Crippen MR) is 87.9 cm³/mol. The lowest BCUT2D eigenvalue weighted by molar-refractivity contribution is -0.385. The maximum absolute atomic E-state index is 11.0. The molecule has 0 atom stereocenters. The van der Waals surface area contributed by atoms with Gasteiger partial charge in [0.25, 0.3) is 5.69 Å². The average molecular weight is 304 g/mol. The van der Waals surface area contributed by atoms with Crippen LogP contribution < -0.4 is 10.6 Å². The molecule has 0 aliphatic heterocycles. The first-order valence-corrected chi connectivity index (χ1v) is 7.79. The van der Waals surface area contributed by atoms with Crippen LogP contribution in [-0.2, 0) is 6.54 Å². The number of nitrogens with zero attached hydrogens (tertiary/aromatic N) is 2. The van der Waals surface area contributed by atoms with Crippen LogP contribution in [0.5, 0.6) is 0 Å². The Balaban J connectivity index is 1.90. The van der Waals surface area contributed by atoms with E-state index in [-0.39, 0.29) is 10.6 Å². The fourth-order valence-corrected chi connectivity index (χ4v) is 2.81. The van der Waals surface area contributed by atoms with Crippen LogP contribution in [0.4, 0.5) is 5.69 Å². The normalized spacial score (nSPS) is 22.2. The van der Waals surface area contributed by atoms with Crippen molar-refractivity contribution in [1.29, 1.82) is 0 Å². The van der Waals surface area contributed by atoms with Gasteiger partial charge in [-0.3, -0.25) is 15.1 Å². The number of guanidine groups is 1. The van der Waals surface area contributed by atoms with E-state index in [0.29, 0.717) is 24.1 Å². The standard InChI is InChI=1S/C16H24N4O2/c1-12-7-9-14(10-8-12)19-16(17-2)18-11-13-5-3-4-6-15(13)20(21)22/h3-6,12,14H,7-11H2,1-2H3,(H2,17,18,19). The van der Waals surface area contributed by atoms with Crippen LogP contribution >= 0.6 is 0 Å². The topological polar surface area (TPSA) is 79.6 Å². The molecular formula is C16H24N4O2. The summed E-state index contributed by atoms with van der Waals surface area (Å²) in [6, 6.07) is 7.21. The van der Waals surface area contributed by atoms with Crippen molar-refractivity contribution in [2.45, 2.75) is 45.2 Å². The zero-order valence-electron chi connectivity index (χ0n) is 13.2. The van der Waals surface area contributed by atoms with Crippen molar-refractivity contribution in [1.82, 2.24) is 10.6 Å². The molecule has 2 N–H and O–H groups in total. The average Bonchev–Trinajstić information content (AvgIpc) is 2.53. The fraction of sp³-hybridized carbons (Fsp3) is 0.562. The number of benzene rings is 1. The van der Waals surface area contributed by atoms with E-state index in [9.17, 15) is 10.1 Å². The van der Waals surface area contributed by atoms with Crippen LogP contribution in [0.25, 0.3) is 0 Å². The summed E-state index contributed by atoms with van der Waals surface area (Å²) in [5.41, 5.74) is 0.796. The Labute approximate surface area is 131 Å². The molecule has 0 radical (unpaired) electrons. The second-order valence-electron chi connectivity index (χ2n) is 5.91. The molecule has 0 aromatic heterocycles. The Morgan fingerprint density at radius 1 is 1.32 bits per heavy atom. The molecule has 0 bridgehead atoms. The lowest BCUT2D eigenvalue weighted by Crippen LogP contribution is -2.44. The monoisotopic (exact) mass is 304 g/mol. The van der Waals surface area contributed by atoms with Crippen LogP contribution in [0, 0.1) is 16.0 Å². The van der Waals surface area contributed by atoms with Crippen molar-refractivity contribution in [3.8, 4) is 0 Å². The van der Waals surface area contributed by atoms with Gasteiger partial charge in [-0.25, -0.2) is 0 Å². The maximum Gasteiger partial charge on any atom is 0.274 e. The molecular weight excluding hydrogens is 280 g/mol. The van der Waals surface area contributed by atoms with Gasteiger partial charge in [0.1, 0.15) is 0 Å². The summed E-state index contributed by atoms with van der Waals surface area (Å²) in [4.78, 5) is 14.9. The molecule has 22 heavy (non-hydrogen) atoms. The van der Waals surface area contributed by atoms with Gasteiger partial charge >= 0.3 is 0 Å². The number of hydrogen-bond donors (Lipinski definition) is 2. The smallest absolute Gasteiger partial charge is 0.274 e. The molecule has 0 unspecified atom stereocenters. The van der Waals surface area contributed by atoms with Gasteiger partial charge in [0, 0.05) is 31.3 Å². The van der Waals surface area contributed by atoms with Crippen molar-refractivity contribution in [3.05, 3.63) is 39.9 Å². The number of nitro benzene ring substituents is 1. The molecule has 0 saturated heterocycles. The molecule has 6 nitrogen and oxygen atoms in total. The molecule has 6 heteroatoms. The van der Waals surface area contributed by atoms with Gasteiger partial charge in [-0.15, -0.1) is 0 Å². The van der Waals surface area contributed by atoms with Crippen molar-refractivity contribution < 1.29 is 4.92 Å². The Hall–Kier alpha value is -2.11. The molecule has 1 aromatic rings. The van der Waals surface area contributed by atoms with E-state index in [1.54, 1.807) is 19.2 Å². The van der Waals surface area contributed by atoms with Gasteiger partial charge < -0.3 is 10.6 Å². The van der Waals surface area contributed by atoms with Gasteiger partial charge in [-0.1, -0.05) is 25.1 Å². The molecule has 120 valence electrons. The van der Waals surface area contributed by atoms with Crippen LogP contribution in [-0.4, -0.2) is 24.0 Å². The zero-order valence-corrected chi connectivity index (χ0v) is 13.2. The third-order valence-electron chi connectivity index (χ3n) is 4.21. The Morgan fingerprint density at radius 2 is 2.00 bits per heavy atom. The molecule has 0 heterocycles. The molecule has 1 saturated carbocycles. The van der Waals surface area contributed by atoms with Crippen molar-refractivity contribution in [3.63, 3.8) is 0 Å². The van der Waals surface area contributed by atoms with Crippen molar-refractivity contribution in [2.24, 2.45) is 10.9 Å². The van der Waals surface area contributed by atoms with Crippen LogP contribution in [0.2, 0.25) is 0 Å². The van der Waals surface area contributed by atoms with Gasteiger partial charge in [-0.05, 0) is 31.6 Å². The van der Waals surface area contributed by atoms with E-state index in [1.165, 1.54) is 18.9 Å². The van der Waals surface area contributed by atoms with E-state index in [4.69, 9.17) is 0 Å². The maximum atomic E-state index is 11.0. The predicted octanol–water partition coefficient (Wildman–Crippen LogP) is 2.84. The first kappa shape index (κ1) is 16.3. The van der Waals surface area contributed by atoms with Gasteiger partial charge in [0.15, 0.2) is 5.96 Å². The molecule has 1 aromatic carbocycles. The van der Waals surface area contributed by atoms with Crippen LogP contribution in [0.1, 0.15) is 38.2 Å². The number of para-hydroxylation sites is 1. The number of nitrogens with one attached hydrogen (secondary N) is 2. The Bertz CT molecular complexity index is 537. The minimum absolute atomic E-state index is 0.136. The zero-order chi connectivity index (χ0) is 15.9. The molecule has 2 rings (SSSR count). The van der Waals surface area contributed by atoms with Crippen molar-refractivity contribution in [2.75, 3.05) is 7.05 Å². The molecule has 1 aliphatic rings. The summed E-state index contributed by atoms with van der Waals surface area (Å²) >= 11 is 0. The van der Waals surface area contributed by atoms with Crippen LogP contribution in [0.3, 0.4) is 0 Å². The number of nitro groups is 1. The molecule has 1 aliphatic carbocycles. The highest BCUT2D eigenvalue weighted by molar-refractivity contribution is 5.80. The van der Waals surface area contributed by atoms with Gasteiger partial charge in [0.2, 0.25) is 0 Å². The van der Waals surface area contributed by atoms with E-state index in [2.05, 4.69) is 22.5 Å². The van der Waals surface area contributed by atoms with E-state index in [0.717, 1.165) is 18.8 Å². The molecule has 0 amide bonds. The van der Waals surface area contributed by atoms with Gasteiger partial charge in [-0.2, -0.15) is 0 Å². The first-order valence-electron chi connectivity index (χ1n) is 7.79. The Morgan fingerprint density at radius 3 is 2.64 bits per heavy atom. The summed E-state index contributed by atoms with van der Waals surface area (Å²) in [6.45, 7) is 2.68. The van der Waals surface area contributed by atoms with E-state index in [1.807, 2.05) is 6.07 Å². The van der Waals surface area contributed by atoms with E-state index >= 15 is 0 Å². The summed E-state index contributed by atoms with van der Waals surface area (Å²) in [7, 11) is 1.72. The number of aliphatic imine (C=N–C) groups is 1. The SMILES string of the molecule is CN=C(NCc1ccccc1[N+](=O)[O-])NC1CCC(C)CC1. The first-order chi connectivity index (χ1) is 10.6. The second kappa shape index (κ2) is 7.77. The highest BCUT2D eigenvalue weighted by Gasteiger charge is 2.19. The van der Waals surface area contributed by atoms with Crippen LogP contribution in [0.15, 0.2) is 29.3 Å². The summed E-state index contributed by atoms with van der Waals surface area (Å²) in [6.07, 6.45) is 4.76. The Kier molecular flexibility index (Phi) is 5.75. The summed E-state index contributed by atoms with van der Waals surface area (Å²) in [5, 5.41) is 17.6. The third kappa shape index (κ3) is 4.44. The molecule has 0 spiro atoms. The summed E-state index contributed by atoms with van der Waals surface area (Å²) in [5.74, 6) is 1.51. The summed E-state index contributed by atoms with van der Waals surface area (Å²) < 4.78 is 0. The third-order valence-corrected chi connectivity index (χ3v) is 4.21. The minimum atomic E-state index is -0.351. The lowest BCUT2D eigenvalue weighted by Gasteiger charge is -2.28. The molecule has 1 fully saturated rings.